The van der Waals surface area contributed by atoms with Gasteiger partial charge in [0.15, 0.2) is 0 Å². The molecule has 0 bridgehead atoms. The second-order valence-electron chi connectivity index (χ2n) is 5.05. The quantitative estimate of drug-likeness (QED) is 0.797. The molecule has 0 aliphatic rings. The molecule has 21 heavy (non-hydrogen) atoms. The molecule has 0 spiro atoms. The van der Waals surface area contributed by atoms with Crippen molar-refractivity contribution in [3.63, 3.8) is 0 Å². The van der Waals surface area contributed by atoms with Crippen molar-refractivity contribution in [2.24, 2.45) is 0 Å². The molecule has 1 aromatic carbocycles. The lowest BCUT2D eigenvalue weighted by atomic mass is 9.83. The van der Waals surface area contributed by atoms with Crippen molar-refractivity contribution in [1.82, 2.24) is 5.32 Å². The molecule has 2 nitrogen and oxygen atoms in total. The van der Waals surface area contributed by atoms with E-state index in [2.05, 4.69) is 5.32 Å². The number of rotatable bonds is 7. The molecule has 5 heteroatoms. The zero-order chi connectivity index (χ0) is 16.1. The van der Waals surface area contributed by atoms with E-state index in [1.54, 1.807) is 7.05 Å². The molecule has 0 fully saturated rings. The van der Waals surface area contributed by atoms with Crippen molar-refractivity contribution in [2.75, 3.05) is 13.7 Å². The van der Waals surface area contributed by atoms with Gasteiger partial charge in [-0.05, 0) is 44.5 Å². The van der Waals surface area contributed by atoms with Gasteiger partial charge in [-0.25, -0.2) is 0 Å². The third-order valence-corrected chi connectivity index (χ3v) is 4.01. The zero-order valence-electron chi connectivity index (χ0n) is 13.1. The molecule has 0 saturated heterocycles. The fourth-order valence-electron chi connectivity index (χ4n) is 2.83. The Morgan fingerprint density at radius 1 is 1.05 bits per heavy atom. The Morgan fingerprint density at radius 3 is 1.90 bits per heavy atom. The van der Waals surface area contributed by atoms with E-state index in [0.29, 0.717) is 6.61 Å². The minimum Gasteiger partial charge on any atom is -0.373 e. The van der Waals surface area contributed by atoms with Crippen LogP contribution in [0.2, 0.25) is 0 Å². The molecule has 0 aliphatic carbocycles. The van der Waals surface area contributed by atoms with Crippen LogP contribution in [0.4, 0.5) is 13.2 Å². The summed E-state index contributed by atoms with van der Waals surface area (Å²) < 4.78 is 43.9. The van der Waals surface area contributed by atoms with Gasteiger partial charge in [-0.1, -0.05) is 26.0 Å². The molecular formula is C16H24F3NO. The fourth-order valence-corrected chi connectivity index (χ4v) is 2.83. The first-order valence-electron chi connectivity index (χ1n) is 7.33. The SMILES string of the molecule is CCOC(CC)(CC)C(NC)c1ccc(C(F)(F)F)cc1. The standard InChI is InChI=1S/C16H24F3NO/c1-5-15(6-2,21-7-3)14(20-4)12-8-10-13(11-9-12)16(17,18)19/h8-11,14,20H,5-7H2,1-4H3. The number of benzene rings is 1. The van der Waals surface area contributed by atoms with Crippen LogP contribution in [0.15, 0.2) is 24.3 Å². The summed E-state index contributed by atoms with van der Waals surface area (Å²) in [5, 5.41) is 3.20. The maximum absolute atomic E-state index is 12.6. The van der Waals surface area contributed by atoms with Crippen LogP contribution < -0.4 is 5.32 Å². The molecule has 1 N–H and O–H groups in total. The maximum atomic E-state index is 12.6. The highest BCUT2D eigenvalue weighted by Gasteiger charge is 2.37. The van der Waals surface area contributed by atoms with Gasteiger partial charge < -0.3 is 10.1 Å². The third-order valence-electron chi connectivity index (χ3n) is 4.01. The van der Waals surface area contributed by atoms with Gasteiger partial charge in [-0.2, -0.15) is 13.2 Å². The van der Waals surface area contributed by atoms with Gasteiger partial charge in [-0.3, -0.25) is 0 Å². The first-order chi connectivity index (χ1) is 9.84. The van der Waals surface area contributed by atoms with Crippen LogP contribution in [0.25, 0.3) is 0 Å². The van der Waals surface area contributed by atoms with Crippen molar-refractivity contribution in [3.8, 4) is 0 Å². The van der Waals surface area contributed by atoms with Crippen LogP contribution in [-0.4, -0.2) is 19.3 Å². The summed E-state index contributed by atoms with van der Waals surface area (Å²) in [6, 6.07) is 5.17. The van der Waals surface area contributed by atoms with Crippen molar-refractivity contribution in [3.05, 3.63) is 35.4 Å². The summed E-state index contributed by atoms with van der Waals surface area (Å²) in [7, 11) is 1.81. The minimum absolute atomic E-state index is 0.144. The average molecular weight is 303 g/mol. The number of nitrogens with one attached hydrogen (secondary N) is 1. The molecule has 0 radical (unpaired) electrons. The van der Waals surface area contributed by atoms with E-state index in [0.717, 1.165) is 30.5 Å². The fraction of sp³-hybridized carbons (Fsp3) is 0.625. The van der Waals surface area contributed by atoms with Crippen molar-refractivity contribution in [2.45, 2.75) is 51.4 Å². The monoisotopic (exact) mass is 303 g/mol. The summed E-state index contributed by atoms with van der Waals surface area (Å²) in [6.07, 6.45) is -2.74. The van der Waals surface area contributed by atoms with Crippen LogP contribution in [0.5, 0.6) is 0 Å². The van der Waals surface area contributed by atoms with E-state index in [1.165, 1.54) is 12.1 Å². The van der Waals surface area contributed by atoms with Crippen LogP contribution in [0.3, 0.4) is 0 Å². The van der Waals surface area contributed by atoms with Crippen LogP contribution in [0, 0.1) is 0 Å². The molecule has 0 heterocycles. The van der Waals surface area contributed by atoms with Crippen molar-refractivity contribution < 1.29 is 17.9 Å². The summed E-state index contributed by atoms with van der Waals surface area (Å²) in [5.74, 6) is 0. The van der Waals surface area contributed by atoms with E-state index < -0.39 is 17.3 Å². The predicted octanol–water partition coefficient (Wildman–Crippen LogP) is 4.56. The van der Waals surface area contributed by atoms with E-state index in [9.17, 15) is 13.2 Å². The molecule has 1 aromatic rings. The van der Waals surface area contributed by atoms with Gasteiger partial charge >= 0.3 is 6.18 Å². The highest BCUT2D eigenvalue weighted by Crippen LogP contribution is 2.36. The van der Waals surface area contributed by atoms with Crippen LogP contribution >= 0.6 is 0 Å². The topological polar surface area (TPSA) is 21.3 Å². The number of hydrogen-bond acceptors (Lipinski definition) is 2. The van der Waals surface area contributed by atoms with E-state index in [-0.39, 0.29) is 6.04 Å². The first kappa shape index (κ1) is 18.0. The normalized spacial score (nSPS) is 14.2. The Kier molecular flexibility index (Phi) is 6.23. The smallest absolute Gasteiger partial charge is 0.373 e. The molecule has 1 unspecified atom stereocenters. The second kappa shape index (κ2) is 7.27. The van der Waals surface area contributed by atoms with Gasteiger partial charge in [0, 0.05) is 6.61 Å². The number of hydrogen-bond donors (Lipinski definition) is 1. The molecule has 0 saturated carbocycles. The number of alkyl halides is 3. The van der Waals surface area contributed by atoms with Gasteiger partial charge in [0.1, 0.15) is 0 Å². The Balaban J connectivity index is 3.14. The Hall–Kier alpha value is -1.07. The van der Waals surface area contributed by atoms with Gasteiger partial charge in [0.2, 0.25) is 0 Å². The molecule has 0 aromatic heterocycles. The summed E-state index contributed by atoms with van der Waals surface area (Å²) in [4.78, 5) is 0. The van der Waals surface area contributed by atoms with Gasteiger partial charge in [0.05, 0.1) is 17.2 Å². The highest BCUT2D eigenvalue weighted by atomic mass is 19.4. The third kappa shape index (κ3) is 3.98. The lowest BCUT2D eigenvalue weighted by Gasteiger charge is -2.39. The van der Waals surface area contributed by atoms with Crippen LogP contribution in [-0.2, 0) is 10.9 Å². The zero-order valence-corrected chi connectivity index (χ0v) is 13.1. The molecule has 0 amide bonds. The van der Waals surface area contributed by atoms with Gasteiger partial charge in [0.25, 0.3) is 0 Å². The largest absolute Gasteiger partial charge is 0.416 e. The lowest BCUT2D eigenvalue weighted by Crippen LogP contribution is -2.44. The highest BCUT2D eigenvalue weighted by molar-refractivity contribution is 5.28. The van der Waals surface area contributed by atoms with E-state index in [4.69, 9.17) is 4.74 Å². The first-order valence-corrected chi connectivity index (χ1v) is 7.33. The Morgan fingerprint density at radius 2 is 1.57 bits per heavy atom. The van der Waals surface area contributed by atoms with E-state index >= 15 is 0 Å². The van der Waals surface area contributed by atoms with Crippen molar-refractivity contribution >= 4 is 0 Å². The lowest BCUT2D eigenvalue weighted by molar-refractivity contribution is -0.137. The second-order valence-corrected chi connectivity index (χ2v) is 5.05. The van der Waals surface area contributed by atoms with Gasteiger partial charge in [-0.15, -0.1) is 0 Å². The Bertz CT molecular complexity index is 424. The molecule has 1 atom stereocenters. The number of likely N-dealkylation sites (N-methyl/N-ethyl adjacent to an activating group) is 1. The van der Waals surface area contributed by atoms with Crippen LogP contribution in [0.1, 0.15) is 50.8 Å². The average Bonchev–Trinajstić information content (AvgIpc) is 2.46. The van der Waals surface area contributed by atoms with E-state index in [1.807, 2.05) is 20.8 Å². The number of ether oxygens (including phenoxy) is 1. The predicted molar refractivity (Wildman–Crippen MR) is 78.2 cm³/mol. The Labute approximate surface area is 124 Å². The molecule has 1 rings (SSSR count). The maximum Gasteiger partial charge on any atom is 0.416 e. The molecule has 0 aliphatic heterocycles. The summed E-state index contributed by atoms with van der Waals surface area (Å²) in [6.45, 7) is 6.57. The molecular weight excluding hydrogens is 279 g/mol. The summed E-state index contributed by atoms with van der Waals surface area (Å²) in [5.41, 5.74) is -0.234. The number of halogens is 3. The minimum atomic E-state index is -4.31. The van der Waals surface area contributed by atoms with Crippen molar-refractivity contribution in [1.29, 1.82) is 0 Å². The summed E-state index contributed by atoms with van der Waals surface area (Å²) >= 11 is 0. The molecule has 120 valence electrons.